The molecule has 0 unspecified atom stereocenters. The average molecular weight is 497 g/mol. The van der Waals surface area contributed by atoms with E-state index in [0.717, 1.165) is 59.9 Å². The maximum atomic E-state index is 13.6. The standard InChI is InChI=1S/C30H29ClN4O/c1-21-27(31)8-5-9-28(21)34-29-15-10-23(22-6-3-2-4-7-22)20-26(29)30(36)33-24-11-13-25(14-12-24)35-18-16-32-17-19-35/h2-15,20,32,34H,16-19H2,1H3,(H,33,36). The van der Waals surface area contributed by atoms with Gasteiger partial charge in [0.1, 0.15) is 0 Å². The first-order valence-corrected chi connectivity index (χ1v) is 12.5. The van der Waals surface area contributed by atoms with Gasteiger partial charge in [-0.3, -0.25) is 4.79 Å². The second-order valence-corrected chi connectivity index (χ2v) is 9.31. The molecule has 5 rings (SSSR count). The molecule has 1 amide bonds. The van der Waals surface area contributed by atoms with Crippen molar-refractivity contribution in [3.05, 3.63) is 107 Å². The molecule has 4 aromatic carbocycles. The van der Waals surface area contributed by atoms with Crippen LogP contribution < -0.4 is 20.9 Å². The van der Waals surface area contributed by atoms with Crippen LogP contribution in [0.3, 0.4) is 0 Å². The van der Waals surface area contributed by atoms with Crippen molar-refractivity contribution in [2.24, 2.45) is 0 Å². The molecule has 6 heteroatoms. The predicted molar refractivity (Wildman–Crippen MR) is 151 cm³/mol. The van der Waals surface area contributed by atoms with Gasteiger partial charge in [-0.15, -0.1) is 0 Å². The molecule has 1 heterocycles. The summed E-state index contributed by atoms with van der Waals surface area (Å²) in [5.41, 5.74) is 7.02. The highest BCUT2D eigenvalue weighted by atomic mass is 35.5. The Morgan fingerprint density at radius 2 is 1.58 bits per heavy atom. The highest BCUT2D eigenvalue weighted by molar-refractivity contribution is 6.31. The van der Waals surface area contributed by atoms with Crippen molar-refractivity contribution >= 4 is 40.3 Å². The number of rotatable bonds is 6. The fourth-order valence-electron chi connectivity index (χ4n) is 4.42. The van der Waals surface area contributed by atoms with Crippen molar-refractivity contribution < 1.29 is 4.79 Å². The molecule has 4 aromatic rings. The van der Waals surface area contributed by atoms with Gasteiger partial charge in [0.2, 0.25) is 0 Å². The summed E-state index contributed by atoms with van der Waals surface area (Å²) in [7, 11) is 0. The zero-order valence-corrected chi connectivity index (χ0v) is 21.0. The number of amides is 1. The molecular weight excluding hydrogens is 468 g/mol. The number of nitrogens with one attached hydrogen (secondary N) is 3. The van der Waals surface area contributed by atoms with E-state index in [0.29, 0.717) is 10.6 Å². The summed E-state index contributed by atoms with van der Waals surface area (Å²) in [5, 5.41) is 10.6. The zero-order valence-electron chi connectivity index (χ0n) is 20.2. The van der Waals surface area contributed by atoms with Gasteiger partial charge in [-0.2, -0.15) is 0 Å². The Balaban J connectivity index is 1.43. The normalized spacial score (nSPS) is 13.3. The van der Waals surface area contributed by atoms with Crippen LogP contribution in [0.4, 0.5) is 22.7 Å². The van der Waals surface area contributed by atoms with Crippen LogP contribution in [0.1, 0.15) is 15.9 Å². The minimum absolute atomic E-state index is 0.176. The van der Waals surface area contributed by atoms with Crippen molar-refractivity contribution in [1.82, 2.24) is 5.32 Å². The van der Waals surface area contributed by atoms with Crippen LogP contribution in [-0.4, -0.2) is 32.1 Å². The molecule has 36 heavy (non-hydrogen) atoms. The number of piperazine rings is 1. The summed E-state index contributed by atoms with van der Waals surface area (Å²) >= 11 is 6.34. The minimum Gasteiger partial charge on any atom is -0.369 e. The third-order valence-electron chi connectivity index (χ3n) is 6.52. The van der Waals surface area contributed by atoms with E-state index in [4.69, 9.17) is 11.6 Å². The first-order chi connectivity index (χ1) is 17.6. The van der Waals surface area contributed by atoms with Crippen LogP contribution in [0.5, 0.6) is 0 Å². The second-order valence-electron chi connectivity index (χ2n) is 8.90. The third kappa shape index (κ3) is 5.38. The molecule has 3 N–H and O–H groups in total. The van der Waals surface area contributed by atoms with Gasteiger partial charge < -0.3 is 20.9 Å². The highest BCUT2D eigenvalue weighted by Crippen LogP contribution is 2.31. The highest BCUT2D eigenvalue weighted by Gasteiger charge is 2.16. The fourth-order valence-corrected chi connectivity index (χ4v) is 4.59. The smallest absolute Gasteiger partial charge is 0.257 e. The van der Waals surface area contributed by atoms with E-state index >= 15 is 0 Å². The number of nitrogens with zero attached hydrogens (tertiary/aromatic N) is 1. The van der Waals surface area contributed by atoms with E-state index < -0.39 is 0 Å². The van der Waals surface area contributed by atoms with Crippen molar-refractivity contribution in [2.45, 2.75) is 6.92 Å². The molecule has 0 atom stereocenters. The van der Waals surface area contributed by atoms with Gasteiger partial charge in [0, 0.05) is 48.3 Å². The fraction of sp³-hybridized carbons (Fsp3) is 0.167. The van der Waals surface area contributed by atoms with Gasteiger partial charge in [0.25, 0.3) is 5.91 Å². The van der Waals surface area contributed by atoms with Gasteiger partial charge in [0.15, 0.2) is 0 Å². The SMILES string of the molecule is Cc1c(Cl)cccc1Nc1ccc(-c2ccccc2)cc1C(=O)Nc1ccc(N2CCNCC2)cc1. The summed E-state index contributed by atoms with van der Waals surface area (Å²) in [6, 6.07) is 29.7. The molecule has 1 saturated heterocycles. The van der Waals surface area contributed by atoms with Crippen LogP contribution in [0.2, 0.25) is 5.02 Å². The molecule has 5 nitrogen and oxygen atoms in total. The van der Waals surface area contributed by atoms with Crippen LogP contribution in [-0.2, 0) is 0 Å². The van der Waals surface area contributed by atoms with E-state index in [2.05, 4.69) is 33.0 Å². The quantitative estimate of drug-likeness (QED) is 0.277. The Hall–Kier alpha value is -3.80. The molecule has 1 aliphatic heterocycles. The van der Waals surface area contributed by atoms with Crippen LogP contribution in [0.25, 0.3) is 11.1 Å². The van der Waals surface area contributed by atoms with Crippen LogP contribution >= 0.6 is 11.6 Å². The number of benzene rings is 4. The molecule has 1 aliphatic rings. The van der Waals surface area contributed by atoms with Crippen molar-refractivity contribution in [3.63, 3.8) is 0 Å². The van der Waals surface area contributed by atoms with Crippen molar-refractivity contribution in [2.75, 3.05) is 41.7 Å². The second kappa shape index (κ2) is 10.9. The van der Waals surface area contributed by atoms with Crippen LogP contribution in [0.15, 0.2) is 91.0 Å². The van der Waals surface area contributed by atoms with Gasteiger partial charge in [-0.05, 0) is 72.1 Å². The largest absolute Gasteiger partial charge is 0.369 e. The topological polar surface area (TPSA) is 56.4 Å². The van der Waals surface area contributed by atoms with Gasteiger partial charge >= 0.3 is 0 Å². The van der Waals surface area contributed by atoms with E-state index in [1.165, 1.54) is 5.69 Å². The van der Waals surface area contributed by atoms with E-state index in [9.17, 15) is 4.79 Å². The Labute approximate surface area is 217 Å². The molecule has 0 saturated carbocycles. The number of carbonyl (C=O) groups is 1. The molecule has 0 aliphatic carbocycles. The maximum absolute atomic E-state index is 13.6. The maximum Gasteiger partial charge on any atom is 0.257 e. The van der Waals surface area contributed by atoms with Gasteiger partial charge in [-0.1, -0.05) is 54.1 Å². The summed E-state index contributed by atoms with van der Waals surface area (Å²) < 4.78 is 0. The number of hydrogen-bond donors (Lipinski definition) is 3. The molecule has 0 aromatic heterocycles. The molecule has 0 radical (unpaired) electrons. The molecular formula is C30H29ClN4O. The van der Waals surface area contributed by atoms with Crippen LogP contribution in [0, 0.1) is 6.92 Å². The van der Waals surface area contributed by atoms with Gasteiger partial charge in [0.05, 0.1) is 11.3 Å². The van der Waals surface area contributed by atoms with Crippen molar-refractivity contribution in [3.8, 4) is 11.1 Å². The van der Waals surface area contributed by atoms with E-state index in [1.54, 1.807) is 0 Å². The predicted octanol–water partition coefficient (Wildman–Crippen LogP) is 6.72. The summed E-state index contributed by atoms with van der Waals surface area (Å²) in [6.45, 7) is 5.89. The summed E-state index contributed by atoms with van der Waals surface area (Å²) in [6.07, 6.45) is 0. The third-order valence-corrected chi connectivity index (χ3v) is 6.93. The number of anilines is 4. The molecule has 182 valence electrons. The Kier molecular flexibility index (Phi) is 7.21. The van der Waals surface area contributed by atoms with E-state index in [-0.39, 0.29) is 5.91 Å². The lowest BCUT2D eigenvalue weighted by molar-refractivity contribution is 0.102. The first kappa shape index (κ1) is 23.9. The lowest BCUT2D eigenvalue weighted by Gasteiger charge is -2.29. The van der Waals surface area contributed by atoms with Crippen molar-refractivity contribution in [1.29, 1.82) is 0 Å². The monoisotopic (exact) mass is 496 g/mol. The average Bonchev–Trinajstić information content (AvgIpc) is 2.93. The molecule has 1 fully saturated rings. The lowest BCUT2D eigenvalue weighted by atomic mass is 10.0. The Morgan fingerprint density at radius 3 is 2.33 bits per heavy atom. The Bertz CT molecular complexity index is 1350. The summed E-state index contributed by atoms with van der Waals surface area (Å²) in [4.78, 5) is 15.9. The Morgan fingerprint density at radius 1 is 0.833 bits per heavy atom. The first-order valence-electron chi connectivity index (χ1n) is 12.2. The molecule has 0 bridgehead atoms. The number of hydrogen-bond acceptors (Lipinski definition) is 4. The minimum atomic E-state index is -0.176. The lowest BCUT2D eigenvalue weighted by Crippen LogP contribution is -2.43. The van der Waals surface area contributed by atoms with E-state index in [1.807, 2.05) is 85.8 Å². The number of carbonyl (C=O) groups excluding carboxylic acids is 1. The number of halogens is 1. The summed E-state index contributed by atoms with van der Waals surface area (Å²) in [5.74, 6) is -0.176. The molecule has 0 spiro atoms. The zero-order chi connectivity index (χ0) is 24.9. The van der Waals surface area contributed by atoms with Gasteiger partial charge in [-0.25, -0.2) is 0 Å².